The molecule has 5 heteroatoms. The minimum atomic E-state index is -0.422. The van der Waals surface area contributed by atoms with Gasteiger partial charge >= 0.3 is 0 Å². The standard InChI is InChI=1S/C33H30N2O3/c1-2-3-4-8-22-13-17-27(18-14-22)34-32(37)25-16-15-24-21-31(36)29(20-26(24)19-25)33(38)35-30-12-7-10-23-9-5-6-11-28(23)30/h5-7,9-21,36H,2-4,8H2,1H3,(H,34,37)(H,35,38). The van der Waals surface area contributed by atoms with Crippen LogP contribution in [-0.4, -0.2) is 16.9 Å². The van der Waals surface area contributed by atoms with E-state index in [1.165, 1.54) is 18.4 Å². The first-order valence-corrected chi connectivity index (χ1v) is 13.0. The van der Waals surface area contributed by atoms with Gasteiger partial charge in [0.15, 0.2) is 0 Å². The van der Waals surface area contributed by atoms with Gasteiger partial charge in [-0.1, -0.05) is 74.4 Å². The number of phenolic OH excluding ortho intramolecular Hbond substituents is 1. The van der Waals surface area contributed by atoms with E-state index in [1.807, 2.05) is 54.6 Å². The number of hydrogen-bond donors (Lipinski definition) is 3. The number of carbonyl (C=O) groups excluding carboxylic acids is 2. The molecule has 0 radical (unpaired) electrons. The van der Waals surface area contributed by atoms with Crippen LogP contribution < -0.4 is 10.6 Å². The number of rotatable bonds is 8. The van der Waals surface area contributed by atoms with E-state index in [0.717, 1.165) is 34.7 Å². The van der Waals surface area contributed by atoms with Gasteiger partial charge in [0.05, 0.1) is 5.56 Å². The topological polar surface area (TPSA) is 78.4 Å². The summed E-state index contributed by atoms with van der Waals surface area (Å²) >= 11 is 0. The highest BCUT2D eigenvalue weighted by molar-refractivity contribution is 6.13. The van der Waals surface area contributed by atoms with E-state index in [4.69, 9.17) is 0 Å². The maximum atomic E-state index is 13.1. The normalized spacial score (nSPS) is 11.0. The molecule has 3 N–H and O–H groups in total. The van der Waals surface area contributed by atoms with E-state index in [9.17, 15) is 14.7 Å². The lowest BCUT2D eigenvalue weighted by molar-refractivity contribution is 0.101. The van der Waals surface area contributed by atoms with Crippen LogP contribution in [0.25, 0.3) is 21.5 Å². The molecule has 2 amide bonds. The summed E-state index contributed by atoms with van der Waals surface area (Å²) in [6, 6.07) is 29.8. The first kappa shape index (κ1) is 25.0. The molecule has 0 aliphatic rings. The van der Waals surface area contributed by atoms with E-state index >= 15 is 0 Å². The molecule has 0 fully saturated rings. The third-order valence-electron chi connectivity index (χ3n) is 6.78. The van der Waals surface area contributed by atoms with Crippen molar-refractivity contribution in [3.8, 4) is 5.75 Å². The molecule has 0 bridgehead atoms. The van der Waals surface area contributed by atoms with Gasteiger partial charge in [0, 0.05) is 22.3 Å². The summed E-state index contributed by atoms with van der Waals surface area (Å²) in [5, 5.41) is 19.8. The molecule has 0 unspecified atom stereocenters. The Kier molecular flexibility index (Phi) is 7.36. The highest BCUT2D eigenvalue weighted by Crippen LogP contribution is 2.29. The summed E-state index contributed by atoms with van der Waals surface area (Å²) in [6.45, 7) is 2.19. The van der Waals surface area contributed by atoms with Crippen molar-refractivity contribution in [2.24, 2.45) is 0 Å². The molecule has 38 heavy (non-hydrogen) atoms. The Morgan fingerprint density at radius 1 is 0.711 bits per heavy atom. The minimum absolute atomic E-state index is 0.119. The van der Waals surface area contributed by atoms with Gasteiger partial charge in [-0.25, -0.2) is 0 Å². The number of amides is 2. The molecule has 5 aromatic carbocycles. The summed E-state index contributed by atoms with van der Waals surface area (Å²) in [4.78, 5) is 26.1. The molecule has 0 spiro atoms. The number of nitrogens with one attached hydrogen (secondary N) is 2. The Balaban J connectivity index is 1.35. The van der Waals surface area contributed by atoms with Gasteiger partial charge in [0.25, 0.3) is 11.8 Å². The van der Waals surface area contributed by atoms with Crippen molar-refractivity contribution in [1.29, 1.82) is 0 Å². The van der Waals surface area contributed by atoms with Gasteiger partial charge in [0.2, 0.25) is 0 Å². The van der Waals surface area contributed by atoms with Gasteiger partial charge in [-0.3, -0.25) is 9.59 Å². The number of aromatic hydroxyl groups is 1. The van der Waals surface area contributed by atoms with Crippen molar-refractivity contribution in [3.63, 3.8) is 0 Å². The summed E-state index contributed by atoms with van der Waals surface area (Å²) in [5.41, 5.74) is 3.26. The van der Waals surface area contributed by atoms with Crippen LogP contribution >= 0.6 is 0 Å². The number of aryl methyl sites for hydroxylation is 1. The lowest BCUT2D eigenvalue weighted by atomic mass is 10.0. The van der Waals surface area contributed by atoms with E-state index in [-0.39, 0.29) is 17.2 Å². The monoisotopic (exact) mass is 502 g/mol. The number of hydrogen-bond acceptors (Lipinski definition) is 3. The molecule has 5 aromatic rings. The van der Waals surface area contributed by atoms with Crippen molar-refractivity contribution < 1.29 is 14.7 Å². The summed E-state index contributed by atoms with van der Waals surface area (Å²) in [7, 11) is 0. The molecule has 0 aromatic heterocycles. The van der Waals surface area contributed by atoms with Crippen LogP contribution in [-0.2, 0) is 6.42 Å². The molecular weight excluding hydrogens is 472 g/mol. The van der Waals surface area contributed by atoms with Gasteiger partial charge in [-0.2, -0.15) is 0 Å². The smallest absolute Gasteiger partial charge is 0.259 e. The Morgan fingerprint density at radius 2 is 1.50 bits per heavy atom. The molecular formula is C33H30N2O3. The fourth-order valence-electron chi connectivity index (χ4n) is 4.67. The van der Waals surface area contributed by atoms with E-state index in [1.54, 1.807) is 30.3 Å². The van der Waals surface area contributed by atoms with Gasteiger partial charge in [-0.15, -0.1) is 0 Å². The first-order valence-electron chi connectivity index (χ1n) is 13.0. The van der Waals surface area contributed by atoms with Crippen LogP contribution in [0.3, 0.4) is 0 Å². The SMILES string of the molecule is CCCCCc1ccc(NC(=O)c2ccc3cc(O)c(C(=O)Nc4cccc5ccccc45)cc3c2)cc1. The highest BCUT2D eigenvalue weighted by atomic mass is 16.3. The van der Waals surface area contributed by atoms with Crippen molar-refractivity contribution in [2.75, 3.05) is 10.6 Å². The molecule has 5 nitrogen and oxygen atoms in total. The van der Waals surface area contributed by atoms with Crippen molar-refractivity contribution in [2.45, 2.75) is 32.6 Å². The lowest BCUT2D eigenvalue weighted by Crippen LogP contribution is -2.13. The second kappa shape index (κ2) is 11.2. The molecule has 0 saturated heterocycles. The third kappa shape index (κ3) is 5.52. The number of carbonyl (C=O) groups is 2. The number of unbranched alkanes of at least 4 members (excludes halogenated alkanes) is 2. The number of phenols is 1. The van der Waals surface area contributed by atoms with Crippen LogP contribution in [0.15, 0.2) is 97.1 Å². The fourth-order valence-corrected chi connectivity index (χ4v) is 4.67. The fraction of sp³-hybridized carbons (Fsp3) is 0.152. The average molecular weight is 503 g/mol. The zero-order valence-corrected chi connectivity index (χ0v) is 21.3. The molecule has 0 atom stereocenters. The molecule has 0 aliphatic carbocycles. The molecule has 190 valence electrons. The van der Waals surface area contributed by atoms with Gasteiger partial charge in [-0.05, 0) is 77.0 Å². The Labute approximate surface area is 222 Å². The first-order chi connectivity index (χ1) is 18.5. The molecule has 5 rings (SSSR count). The minimum Gasteiger partial charge on any atom is -0.507 e. The Hall–Kier alpha value is -4.64. The van der Waals surface area contributed by atoms with Crippen molar-refractivity contribution in [1.82, 2.24) is 0 Å². The largest absolute Gasteiger partial charge is 0.507 e. The van der Waals surface area contributed by atoms with Crippen LogP contribution in [0.5, 0.6) is 5.75 Å². The quantitative estimate of drug-likeness (QED) is 0.189. The van der Waals surface area contributed by atoms with E-state index in [0.29, 0.717) is 16.6 Å². The number of fused-ring (bicyclic) bond motifs is 2. The second-order valence-corrected chi connectivity index (χ2v) is 9.52. The zero-order valence-electron chi connectivity index (χ0n) is 21.3. The van der Waals surface area contributed by atoms with Crippen LogP contribution in [0.2, 0.25) is 0 Å². The summed E-state index contributed by atoms with van der Waals surface area (Å²) in [5.74, 6) is -0.776. The average Bonchev–Trinajstić information content (AvgIpc) is 2.93. The Bertz CT molecular complexity index is 1620. The Morgan fingerprint density at radius 3 is 2.32 bits per heavy atom. The van der Waals surface area contributed by atoms with Crippen molar-refractivity contribution in [3.05, 3.63) is 114 Å². The van der Waals surface area contributed by atoms with Crippen LogP contribution in [0.1, 0.15) is 52.5 Å². The maximum Gasteiger partial charge on any atom is 0.259 e. The van der Waals surface area contributed by atoms with Crippen LogP contribution in [0.4, 0.5) is 11.4 Å². The third-order valence-corrected chi connectivity index (χ3v) is 6.78. The van der Waals surface area contributed by atoms with Crippen LogP contribution in [0, 0.1) is 0 Å². The van der Waals surface area contributed by atoms with Gasteiger partial charge in [0.1, 0.15) is 5.75 Å². The van der Waals surface area contributed by atoms with E-state index < -0.39 is 5.91 Å². The summed E-state index contributed by atoms with van der Waals surface area (Å²) in [6.07, 6.45) is 4.60. The molecule has 0 heterocycles. The lowest BCUT2D eigenvalue weighted by Gasteiger charge is -2.12. The molecule has 0 aliphatic heterocycles. The molecule has 0 saturated carbocycles. The second-order valence-electron chi connectivity index (χ2n) is 9.52. The maximum absolute atomic E-state index is 13.1. The number of benzene rings is 5. The predicted octanol–water partition coefficient (Wildman–Crippen LogP) is 7.94. The van der Waals surface area contributed by atoms with Gasteiger partial charge < -0.3 is 15.7 Å². The predicted molar refractivity (Wildman–Crippen MR) is 155 cm³/mol. The van der Waals surface area contributed by atoms with Crippen molar-refractivity contribution >= 4 is 44.7 Å². The highest BCUT2D eigenvalue weighted by Gasteiger charge is 2.15. The number of anilines is 2. The zero-order chi connectivity index (χ0) is 26.5. The summed E-state index contributed by atoms with van der Waals surface area (Å²) < 4.78 is 0. The van der Waals surface area contributed by atoms with E-state index in [2.05, 4.69) is 29.7 Å².